The van der Waals surface area contributed by atoms with Crippen LogP contribution in [0.25, 0.3) is 0 Å². The molecule has 17 heavy (non-hydrogen) atoms. The Hall–Kier alpha value is -2.04. The third kappa shape index (κ3) is 2.38. The average molecular weight is 235 g/mol. The molecule has 0 saturated carbocycles. The van der Waals surface area contributed by atoms with Gasteiger partial charge in [-0.2, -0.15) is 0 Å². The molecule has 1 fully saturated rings. The number of cyclic esters (lactones) is 2. The highest BCUT2D eigenvalue weighted by Crippen LogP contribution is 2.24. The van der Waals surface area contributed by atoms with E-state index in [0.717, 1.165) is 17.0 Å². The molecule has 2 rings (SSSR count). The van der Waals surface area contributed by atoms with Crippen molar-refractivity contribution < 1.29 is 19.1 Å². The number of benzene rings is 1. The monoisotopic (exact) mass is 235 g/mol. The zero-order valence-corrected chi connectivity index (χ0v) is 9.73. The summed E-state index contributed by atoms with van der Waals surface area (Å²) in [5, 5.41) is 0. The number of nitrogens with zero attached hydrogens (tertiary/aromatic N) is 1. The fourth-order valence-electron chi connectivity index (χ4n) is 1.80. The van der Waals surface area contributed by atoms with Gasteiger partial charge in [0.2, 0.25) is 0 Å². The van der Waals surface area contributed by atoms with Gasteiger partial charge in [-0.05, 0) is 30.7 Å². The number of aryl methyl sites for hydroxylation is 1. The summed E-state index contributed by atoms with van der Waals surface area (Å²) < 4.78 is 9.62. The highest BCUT2D eigenvalue weighted by Gasteiger charge is 2.25. The highest BCUT2D eigenvalue weighted by atomic mass is 16.6. The predicted molar refractivity (Wildman–Crippen MR) is 61.0 cm³/mol. The third-order valence-electron chi connectivity index (χ3n) is 2.61. The summed E-state index contributed by atoms with van der Waals surface area (Å²) in [6.45, 7) is 2.10. The number of methoxy groups -OCH3 is 1. The number of hydrogen-bond acceptors (Lipinski definition) is 5. The maximum atomic E-state index is 11.2. The number of anilines is 1. The number of esters is 2. The lowest BCUT2D eigenvalue weighted by molar-refractivity contribution is -0.160. The van der Waals surface area contributed by atoms with Crippen LogP contribution in [0.5, 0.6) is 5.75 Å². The van der Waals surface area contributed by atoms with E-state index in [2.05, 4.69) is 4.74 Å². The van der Waals surface area contributed by atoms with Crippen LogP contribution in [-0.4, -0.2) is 32.1 Å². The number of ether oxygens (including phenoxy) is 2. The molecule has 0 atom stereocenters. The Labute approximate surface area is 98.9 Å². The molecule has 5 heteroatoms. The van der Waals surface area contributed by atoms with Gasteiger partial charge >= 0.3 is 11.9 Å². The van der Waals surface area contributed by atoms with Gasteiger partial charge in [0.25, 0.3) is 0 Å². The molecule has 1 heterocycles. The Morgan fingerprint density at radius 3 is 2.41 bits per heavy atom. The van der Waals surface area contributed by atoms with Crippen molar-refractivity contribution in [3.8, 4) is 5.75 Å². The second-order valence-corrected chi connectivity index (χ2v) is 3.86. The van der Waals surface area contributed by atoms with Gasteiger partial charge in [0.1, 0.15) is 18.8 Å². The fraction of sp³-hybridized carbons (Fsp3) is 0.333. The van der Waals surface area contributed by atoms with Crippen molar-refractivity contribution in [3.63, 3.8) is 0 Å². The molecule has 0 aliphatic carbocycles. The minimum Gasteiger partial charge on any atom is -0.496 e. The fourth-order valence-corrected chi connectivity index (χ4v) is 1.80. The summed E-state index contributed by atoms with van der Waals surface area (Å²) in [5.74, 6) is -0.260. The van der Waals surface area contributed by atoms with E-state index in [1.807, 2.05) is 25.1 Å². The lowest BCUT2D eigenvalue weighted by Gasteiger charge is -2.26. The van der Waals surface area contributed by atoms with E-state index in [1.54, 1.807) is 12.0 Å². The van der Waals surface area contributed by atoms with E-state index in [4.69, 9.17) is 4.74 Å². The van der Waals surface area contributed by atoms with Crippen molar-refractivity contribution in [2.24, 2.45) is 0 Å². The van der Waals surface area contributed by atoms with Crippen LogP contribution in [0.15, 0.2) is 18.2 Å². The summed E-state index contributed by atoms with van der Waals surface area (Å²) in [4.78, 5) is 24.0. The molecule has 1 aliphatic heterocycles. The van der Waals surface area contributed by atoms with Crippen LogP contribution in [0.4, 0.5) is 5.69 Å². The molecular formula is C12H13NO4. The van der Waals surface area contributed by atoms with Crippen LogP contribution in [0.2, 0.25) is 0 Å². The zero-order chi connectivity index (χ0) is 12.4. The van der Waals surface area contributed by atoms with Crippen LogP contribution in [0.1, 0.15) is 5.56 Å². The molecule has 0 amide bonds. The van der Waals surface area contributed by atoms with Crippen molar-refractivity contribution in [3.05, 3.63) is 23.8 Å². The van der Waals surface area contributed by atoms with Gasteiger partial charge in [-0.25, -0.2) is 9.59 Å². The first-order chi connectivity index (χ1) is 8.10. The molecule has 90 valence electrons. The lowest BCUT2D eigenvalue weighted by atomic mass is 10.2. The van der Waals surface area contributed by atoms with Crippen LogP contribution >= 0.6 is 0 Å². The minimum absolute atomic E-state index is 0.0948. The second-order valence-electron chi connectivity index (χ2n) is 3.86. The van der Waals surface area contributed by atoms with E-state index in [9.17, 15) is 9.59 Å². The Balaban J connectivity index is 2.25. The summed E-state index contributed by atoms with van der Waals surface area (Å²) in [6.07, 6.45) is 0. The molecule has 0 aromatic heterocycles. The quantitative estimate of drug-likeness (QED) is 0.563. The molecule has 5 nitrogen and oxygen atoms in total. The minimum atomic E-state index is -0.519. The molecule has 0 radical (unpaired) electrons. The number of morpholine rings is 1. The van der Waals surface area contributed by atoms with Gasteiger partial charge in [0, 0.05) is 5.69 Å². The van der Waals surface area contributed by atoms with E-state index in [-0.39, 0.29) is 13.1 Å². The van der Waals surface area contributed by atoms with Gasteiger partial charge in [-0.15, -0.1) is 0 Å². The molecule has 1 aromatic rings. The van der Waals surface area contributed by atoms with E-state index < -0.39 is 11.9 Å². The summed E-state index contributed by atoms with van der Waals surface area (Å²) >= 11 is 0. The first kappa shape index (κ1) is 11.4. The molecule has 1 aliphatic rings. The molecule has 0 spiro atoms. The average Bonchev–Trinajstić information content (AvgIpc) is 2.27. The SMILES string of the molecule is COc1ccc(N2CC(=O)OC(=O)C2)cc1C. The summed E-state index contributed by atoms with van der Waals surface area (Å²) in [5.41, 5.74) is 1.77. The Morgan fingerprint density at radius 2 is 1.88 bits per heavy atom. The van der Waals surface area contributed by atoms with Gasteiger partial charge in [-0.3, -0.25) is 0 Å². The lowest BCUT2D eigenvalue weighted by Crippen LogP contribution is -2.42. The number of rotatable bonds is 2. The van der Waals surface area contributed by atoms with Crippen molar-refractivity contribution in [2.75, 3.05) is 25.1 Å². The number of carbonyl (C=O) groups excluding carboxylic acids is 2. The van der Waals surface area contributed by atoms with Gasteiger partial charge in [0.15, 0.2) is 0 Å². The molecule has 0 N–H and O–H groups in total. The maximum absolute atomic E-state index is 11.2. The molecule has 1 aromatic carbocycles. The van der Waals surface area contributed by atoms with Gasteiger partial charge in [0.05, 0.1) is 7.11 Å². The maximum Gasteiger partial charge on any atom is 0.333 e. The zero-order valence-electron chi connectivity index (χ0n) is 9.73. The van der Waals surface area contributed by atoms with Crippen LogP contribution in [0.3, 0.4) is 0 Å². The van der Waals surface area contributed by atoms with E-state index >= 15 is 0 Å². The van der Waals surface area contributed by atoms with Gasteiger partial charge < -0.3 is 14.4 Å². The van der Waals surface area contributed by atoms with Crippen molar-refractivity contribution >= 4 is 17.6 Å². The standard InChI is InChI=1S/C12H13NO4/c1-8-5-9(3-4-10(8)16-2)13-6-11(14)17-12(15)7-13/h3-5H,6-7H2,1-2H3. The number of hydrogen-bond donors (Lipinski definition) is 0. The van der Waals surface area contributed by atoms with E-state index in [0.29, 0.717) is 0 Å². The Kier molecular flexibility index (Phi) is 2.99. The highest BCUT2D eigenvalue weighted by molar-refractivity contribution is 5.94. The first-order valence-electron chi connectivity index (χ1n) is 5.23. The van der Waals surface area contributed by atoms with Crippen LogP contribution < -0.4 is 9.64 Å². The smallest absolute Gasteiger partial charge is 0.333 e. The first-order valence-corrected chi connectivity index (χ1v) is 5.23. The summed E-state index contributed by atoms with van der Waals surface area (Å²) in [6, 6.07) is 5.51. The third-order valence-corrected chi connectivity index (χ3v) is 2.61. The van der Waals surface area contributed by atoms with Gasteiger partial charge in [-0.1, -0.05) is 0 Å². The normalized spacial score (nSPS) is 15.8. The Morgan fingerprint density at radius 1 is 1.24 bits per heavy atom. The predicted octanol–water partition coefficient (Wildman–Crippen LogP) is 0.893. The van der Waals surface area contributed by atoms with Crippen molar-refractivity contribution in [1.82, 2.24) is 0 Å². The van der Waals surface area contributed by atoms with Crippen molar-refractivity contribution in [2.45, 2.75) is 6.92 Å². The van der Waals surface area contributed by atoms with Crippen LogP contribution in [0, 0.1) is 6.92 Å². The second kappa shape index (κ2) is 4.45. The van der Waals surface area contributed by atoms with E-state index in [1.165, 1.54) is 0 Å². The molecule has 0 unspecified atom stereocenters. The Bertz CT molecular complexity index is 454. The molecular weight excluding hydrogens is 222 g/mol. The molecule has 1 saturated heterocycles. The largest absolute Gasteiger partial charge is 0.496 e. The number of carbonyl (C=O) groups is 2. The van der Waals surface area contributed by atoms with Crippen LogP contribution in [-0.2, 0) is 14.3 Å². The molecule has 0 bridgehead atoms. The summed E-state index contributed by atoms with van der Waals surface area (Å²) in [7, 11) is 1.60. The van der Waals surface area contributed by atoms with Crippen molar-refractivity contribution in [1.29, 1.82) is 0 Å². The topological polar surface area (TPSA) is 55.8 Å².